The fourth-order valence-corrected chi connectivity index (χ4v) is 2.98. The van der Waals surface area contributed by atoms with Crippen molar-refractivity contribution in [3.05, 3.63) is 65.2 Å². The van der Waals surface area contributed by atoms with Crippen LogP contribution in [0.1, 0.15) is 29.5 Å². The van der Waals surface area contributed by atoms with Crippen LogP contribution in [-0.4, -0.2) is 6.54 Å². The molecule has 104 valence electrons. The molecule has 2 aromatic carbocycles. The first-order chi connectivity index (χ1) is 9.86. The number of rotatable bonds is 3. The Kier molecular flexibility index (Phi) is 4.03. The first-order valence-electron chi connectivity index (χ1n) is 7.47. The van der Waals surface area contributed by atoms with E-state index in [1.807, 2.05) is 0 Å². The summed E-state index contributed by atoms with van der Waals surface area (Å²) in [5.41, 5.74) is 11.2. The summed E-state index contributed by atoms with van der Waals surface area (Å²) >= 11 is 0. The minimum atomic E-state index is 0.631. The number of benzene rings is 2. The minimum Gasteiger partial charge on any atom is -0.367 e. The predicted molar refractivity (Wildman–Crippen MR) is 84.8 cm³/mol. The predicted octanol–water partition coefficient (Wildman–Crippen LogP) is 3.49. The van der Waals surface area contributed by atoms with Crippen molar-refractivity contribution in [1.29, 1.82) is 0 Å². The van der Waals surface area contributed by atoms with Crippen LogP contribution >= 0.6 is 0 Å². The number of hydrogen-bond acceptors (Lipinski definition) is 2. The molecule has 1 heterocycles. The summed E-state index contributed by atoms with van der Waals surface area (Å²) < 4.78 is 0. The Bertz CT molecular complexity index is 563. The van der Waals surface area contributed by atoms with Gasteiger partial charge in [0.1, 0.15) is 0 Å². The van der Waals surface area contributed by atoms with Crippen LogP contribution in [0.25, 0.3) is 0 Å². The number of fused-ring (bicyclic) bond motifs is 1. The molecule has 0 amide bonds. The van der Waals surface area contributed by atoms with Crippen LogP contribution in [0.2, 0.25) is 0 Å². The number of anilines is 1. The van der Waals surface area contributed by atoms with Crippen molar-refractivity contribution in [3.8, 4) is 0 Å². The standard InChI is InChI=1S/C18H22N2/c19-13-16-9-10-18-17(12-16)8-4-5-11-20(18)14-15-6-2-1-3-7-15/h1-3,6-7,9-10,12H,4-5,8,11,13-14,19H2. The van der Waals surface area contributed by atoms with E-state index in [4.69, 9.17) is 5.73 Å². The van der Waals surface area contributed by atoms with E-state index < -0.39 is 0 Å². The summed E-state index contributed by atoms with van der Waals surface area (Å²) in [5, 5.41) is 0. The summed E-state index contributed by atoms with van der Waals surface area (Å²) in [6, 6.07) is 17.4. The molecule has 2 nitrogen and oxygen atoms in total. The van der Waals surface area contributed by atoms with Crippen LogP contribution < -0.4 is 10.6 Å². The maximum Gasteiger partial charge on any atom is 0.0429 e. The summed E-state index contributed by atoms with van der Waals surface area (Å²) in [4.78, 5) is 2.51. The number of hydrogen-bond donors (Lipinski definition) is 1. The van der Waals surface area contributed by atoms with Crippen LogP contribution in [0.5, 0.6) is 0 Å². The van der Waals surface area contributed by atoms with Gasteiger partial charge in [0, 0.05) is 25.3 Å². The maximum atomic E-state index is 5.77. The molecule has 0 aliphatic carbocycles. The molecule has 0 unspecified atom stereocenters. The lowest BCUT2D eigenvalue weighted by Gasteiger charge is -2.25. The van der Waals surface area contributed by atoms with E-state index in [1.54, 1.807) is 0 Å². The third kappa shape index (κ3) is 2.86. The molecule has 2 heteroatoms. The number of aryl methyl sites for hydroxylation is 1. The van der Waals surface area contributed by atoms with E-state index >= 15 is 0 Å². The third-order valence-electron chi connectivity index (χ3n) is 4.06. The van der Waals surface area contributed by atoms with Crippen LogP contribution in [0.4, 0.5) is 5.69 Å². The first kappa shape index (κ1) is 13.2. The van der Waals surface area contributed by atoms with Gasteiger partial charge in [-0.2, -0.15) is 0 Å². The van der Waals surface area contributed by atoms with E-state index in [1.165, 1.54) is 41.6 Å². The highest BCUT2D eigenvalue weighted by molar-refractivity contribution is 5.56. The molecule has 0 fully saturated rings. The summed E-state index contributed by atoms with van der Waals surface area (Å²) in [5.74, 6) is 0. The molecule has 0 radical (unpaired) electrons. The van der Waals surface area contributed by atoms with Crippen molar-refractivity contribution in [2.45, 2.75) is 32.4 Å². The molecule has 2 N–H and O–H groups in total. The van der Waals surface area contributed by atoms with Gasteiger partial charge in [-0.05, 0) is 42.0 Å². The number of nitrogens with two attached hydrogens (primary N) is 1. The van der Waals surface area contributed by atoms with Crippen molar-refractivity contribution in [1.82, 2.24) is 0 Å². The van der Waals surface area contributed by atoms with E-state index in [9.17, 15) is 0 Å². The molecule has 2 aromatic rings. The Morgan fingerprint density at radius 1 is 0.950 bits per heavy atom. The SMILES string of the molecule is NCc1ccc2c(c1)CCCCN2Cc1ccccc1. The third-order valence-corrected chi connectivity index (χ3v) is 4.06. The zero-order valence-electron chi connectivity index (χ0n) is 11.9. The molecule has 0 saturated heterocycles. The minimum absolute atomic E-state index is 0.631. The molecule has 0 spiro atoms. The van der Waals surface area contributed by atoms with Gasteiger partial charge in [-0.3, -0.25) is 0 Å². The highest BCUT2D eigenvalue weighted by Crippen LogP contribution is 2.28. The van der Waals surface area contributed by atoms with Gasteiger partial charge in [0.25, 0.3) is 0 Å². The highest BCUT2D eigenvalue weighted by atomic mass is 15.1. The lowest BCUT2D eigenvalue weighted by molar-refractivity contribution is 0.714. The molecule has 20 heavy (non-hydrogen) atoms. The largest absolute Gasteiger partial charge is 0.367 e. The van der Waals surface area contributed by atoms with Gasteiger partial charge in [0.15, 0.2) is 0 Å². The Labute approximate surface area is 121 Å². The topological polar surface area (TPSA) is 29.3 Å². The highest BCUT2D eigenvalue weighted by Gasteiger charge is 2.15. The zero-order chi connectivity index (χ0) is 13.8. The van der Waals surface area contributed by atoms with Gasteiger partial charge in [-0.1, -0.05) is 42.5 Å². The quantitative estimate of drug-likeness (QED) is 0.921. The van der Waals surface area contributed by atoms with Crippen LogP contribution in [0.15, 0.2) is 48.5 Å². The van der Waals surface area contributed by atoms with E-state index in [0.717, 1.165) is 13.1 Å². The van der Waals surface area contributed by atoms with Gasteiger partial charge in [-0.15, -0.1) is 0 Å². The Morgan fingerprint density at radius 3 is 2.60 bits per heavy atom. The monoisotopic (exact) mass is 266 g/mol. The molecular weight excluding hydrogens is 244 g/mol. The van der Waals surface area contributed by atoms with Crippen molar-refractivity contribution in [2.24, 2.45) is 5.73 Å². The Hall–Kier alpha value is -1.80. The lowest BCUT2D eigenvalue weighted by Crippen LogP contribution is -2.23. The molecule has 0 aromatic heterocycles. The van der Waals surface area contributed by atoms with Crippen LogP contribution in [0.3, 0.4) is 0 Å². The van der Waals surface area contributed by atoms with Gasteiger partial charge >= 0.3 is 0 Å². The normalized spacial score (nSPS) is 14.8. The molecule has 0 saturated carbocycles. The molecule has 3 rings (SSSR count). The summed E-state index contributed by atoms with van der Waals surface area (Å²) in [6.45, 7) is 2.77. The Morgan fingerprint density at radius 2 is 1.80 bits per heavy atom. The van der Waals surface area contributed by atoms with Gasteiger partial charge in [0.2, 0.25) is 0 Å². The van der Waals surface area contributed by atoms with Crippen molar-refractivity contribution < 1.29 is 0 Å². The Balaban J connectivity index is 1.89. The van der Waals surface area contributed by atoms with Crippen molar-refractivity contribution in [3.63, 3.8) is 0 Å². The first-order valence-corrected chi connectivity index (χ1v) is 7.47. The number of nitrogens with zero attached hydrogens (tertiary/aromatic N) is 1. The average molecular weight is 266 g/mol. The second kappa shape index (κ2) is 6.10. The molecule has 1 aliphatic rings. The molecule has 0 bridgehead atoms. The average Bonchev–Trinajstić information content (AvgIpc) is 2.70. The molecule has 0 atom stereocenters. The second-order valence-corrected chi connectivity index (χ2v) is 5.53. The van der Waals surface area contributed by atoms with Gasteiger partial charge in [-0.25, -0.2) is 0 Å². The smallest absolute Gasteiger partial charge is 0.0429 e. The summed E-state index contributed by atoms with van der Waals surface area (Å²) in [7, 11) is 0. The van der Waals surface area contributed by atoms with Crippen LogP contribution in [0, 0.1) is 0 Å². The van der Waals surface area contributed by atoms with E-state index in [-0.39, 0.29) is 0 Å². The van der Waals surface area contributed by atoms with Gasteiger partial charge < -0.3 is 10.6 Å². The van der Waals surface area contributed by atoms with Crippen LogP contribution in [-0.2, 0) is 19.5 Å². The zero-order valence-corrected chi connectivity index (χ0v) is 11.9. The second-order valence-electron chi connectivity index (χ2n) is 5.53. The lowest BCUT2D eigenvalue weighted by atomic mass is 10.0. The molecule has 1 aliphatic heterocycles. The summed E-state index contributed by atoms with van der Waals surface area (Å²) in [6.07, 6.45) is 3.71. The van der Waals surface area contributed by atoms with Crippen molar-refractivity contribution in [2.75, 3.05) is 11.4 Å². The van der Waals surface area contributed by atoms with E-state index in [0.29, 0.717) is 6.54 Å². The van der Waals surface area contributed by atoms with Crippen molar-refractivity contribution >= 4 is 5.69 Å². The van der Waals surface area contributed by atoms with E-state index in [2.05, 4.69) is 53.4 Å². The fraction of sp³-hybridized carbons (Fsp3) is 0.333. The van der Waals surface area contributed by atoms with Gasteiger partial charge in [0.05, 0.1) is 0 Å². The maximum absolute atomic E-state index is 5.77. The fourth-order valence-electron chi connectivity index (χ4n) is 2.98. The molecular formula is C18H22N2.